The Morgan fingerprint density at radius 3 is 2.65 bits per heavy atom. The highest BCUT2D eigenvalue weighted by Gasteiger charge is 2.32. The van der Waals surface area contributed by atoms with Gasteiger partial charge in [-0.15, -0.1) is 22.7 Å². The minimum absolute atomic E-state index is 0.431. The van der Waals surface area contributed by atoms with Crippen LogP contribution < -0.4 is 0 Å². The molecular formula is C16H20N2O2S3. The number of sulfonamides is 1. The third kappa shape index (κ3) is 2.99. The molecule has 1 aliphatic heterocycles. The van der Waals surface area contributed by atoms with Crippen LogP contribution in [-0.2, 0) is 22.9 Å². The molecule has 4 nitrogen and oxygen atoms in total. The fourth-order valence-corrected chi connectivity index (χ4v) is 7.36. The Bertz CT molecular complexity index is 749. The Morgan fingerprint density at radius 1 is 1.17 bits per heavy atom. The highest BCUT2D eigenvalue weighted by molar-refractivity contribution is 7.91. The van der Waals surface area contributed by atoms with Gasteiger partial charge in [0.15, 0.2) is 0 Å². The highest BCUT2D eigenvalue weighted by atomic mass is 32.2. The number of nitrogens with zero attached hydrogens (tertiary/aromatic N) is 2. The average molecular weight is 369 g/mol. The Morgan fingerprint density at radius 2 is 1.96 bits per heavy atom. The molecule has 0 spiro atoms. The van der Waals surface area contributed by atoms with Gasteiger partial charge < -0.3 is 0 Å². The van der Waals surface area contributed by atoms with Gasteiger partial charge in [0.25, 0.3) is 10.0 Å². The normalized spacial score (nSPS) is 20.5. The van der Waals surface area contributed by atoms with E-state index >= 15 is 0 Å². The van der Waals surface area contributed by atoms with E-state index in [0.29, 0.717) is 23.2 Å². The first-order valence-electron chi connectivity index (χ1n) is 8.17. The first-order valence-corrected chi connectivity index (χ1v) is 11.3. The molecule has 0 unspecified atom stereocenters. The lowest BCUT2D eigenvalue weighted by atomic mass is 9.99. The van der Waals surface area contributed by atoms with Crippen molar-refractivity contribution in [2.45, 2.75) is 48.7 Å². The van der Waals surface area contributed by atoms with Gasteiger partial charge in [-0.3, -0.25) is 0 Å². The quantitative estimate of drug-likeness (QED) is 0.831. The first kappa shape index (κ1) is 15.7. The number of thiazole rings is 1. The van der Waals surface area contributed by atoms with Gasteiger partial charge in [0, 0.05) is 23.9 Å². The molecule has 0 saturated carbocycles. The van der Waals surface area contributed by atoms with Crippen molar-refractivity contribution >= 4 is 32.7 Å². The second kappa shape index (κ2) is 6.27. The van der Waals surface area contributed by atoms with Crippen molar-refractivity contribution < 1.29 is 8.42 Å². The Hall–Kier alpha value is -0.760. The molecule has 0 bridgehead atoms. The summed E-state index contributed by atoms with van der Waals surface area (Å²) < 4.78 is 27.2. The molecule has 1 aliphatic carbocycles. The molecule has 0 aromatic carbocycles. The molecule has 0 amide bonds. The number of rotatable bonds is 3. The molecular weight excluding hydrogens is 348 g/mol. The van der Waals surface area contributed by atoms with Crippen LogP contribution in [-0.4, -0.2) is 30.8 Å². The molecule has 124 valence electrons. The lowest BCUT2D eigenvalue weighted by Crippen LogP contribution is -2.37. The van der Waals surface area contributed by atoms with Gasteiger partial charge >= 0.3 is 0 Å². The van der Waals surface area contributed by atoms with Crippen LogP contribution in [0.5, 0.6) is 0 Å². The van der Waals surface area contributed by atoms with Crippen molar-refractivity contribution in [1.29, 1.82) is 0 Å². The fraction of sp³-hybridized carbons (Fsp3) is 0.562. The number of fused-ring (bicyclic) bond motifs is 1. The monoisotopic (exact) mass is 368 g/mol. The largest absolute Gasteiger partial charge is 0.252 e. The summed E-state index contributed by atoms with van der Waals surface area (Å²) in [5, 5.41) is 3.06. The molecule has 2 aromatic heterocycles. The Kier molecular flexibility index (Phi) is 4.30. The van der Waals surface area contributed by atoms with E-state index in [-0.39, 0.29) is 0 Å². The number of thiophene rings is 1. The van der Waals surface area contributed by atoms with Crippen LogP contribution in [0.25, 0.3) is 0 Å². The molecule has 4 rings (SSSR count). The molecule has 1 fully saturated rings. The van der Waals surface area contributed by atoms with E-state index in [2.05, 4.69) is 0 Å². The van der Waals surface area contributed by atoms with E-state index in [1.54, 1.807) is 16.4 Å². The molecule has 2 aliphatic rings. The molecule has 3 heterocycles. The lowest BCUT2D eigenvalue weighted by molar-refractivity contribution is 0.319. The van der Waals surface area contributed by atoms with Crippen molar-refractivity contribution in [3.05, 3.63) is 33.1 Å². The van der Waals surface area contributed by atoms with Crippen molar-refractivity contribution in [1.82, 2.24) is 9.29 Å². The van der Waals surface area contributed by atoms with Gasteiger partial charge in [0.1, 0.15) is 4.21 Å². The van der Waals surface area contributed by atoms with Crippen molar-refractivity contribution in [3.63, 3.8) is 0 Å². The predicted octanol–water partition coefficient (Wildman–Crippen LogP) is 3.65. The van der Waals surface area contributed by atoms with Crippen molar-refractivity contribution in [2.75, 3.05) is 13.1 Å². The molecule has 23 heavy (non-hydrogen) atoms. The summed E-state index contributed by atoms with van der Waals surface area (Å²) >= 11 is 3.17. The summed E-state index contributed by atoms with van der Waals surface area (Å²) in [5.74, 6) is 0.431. The van der Waals surface area contributed by atoms with Gasteiger partial charge in [0.2, 0.25) is 0 Å². The number of aryl methyl sites for hydroxylation is 2. The van der Waals surface area contributed by atoms with E-state index in [1.807, 2.05) is 16.7 Å². The van der Waals surface area contributed by atoms with E-state index < -0.39 is 10.0 Å². The van der Waals surface area contributed by atoms with Crippen LogP contribution in [0.4, 0.5) is 0 Å². The standard InChI is InChI=1S/C16H20N2O2S3/c19-23(20,15-6-3-11-21-15)18-9-7-12(8-10-18)16-17-13-4-1-2-5-14(13)22-16/h3,6,11-12H,1-2,4-5,7-10H2. The van der Waals surface area contributed by atoms with Gasteiger partial charge in [-0.2, -0.15) is 4.31 Å². The van der Waals surface area contributed by atoms with Gasteiger partial charge in [-0.25, -0.2) is 13.4 Å². The maximum absolute atomic E-state index is 12.6. The smallest absolute Gasteiger partial charge is 0.246 e. The third-order valence-corrected chi connectivity index (χ3v) is 9.35. The SMILES string of the molecule is O=S(=O)(c1cccs1)N1CCC(c2nc3c(s2)CCCC3)CC1. The van der Waals surface area contributed by atoms with Crippen molar-refractivity contribution in [2.24, 2.45) is 0 Å². The number of hydrogen-bond acceptors (Lipinski definition) is 5. The van der Waals surface area contributed by atoms with E-state index in [9.17, 15) is 8.42 Å². The van der Waals surface area contributed by atoms with Gasteiger partial charge in [0.05, 0.1) is 10.7 Å². The number of piperidine rings is 1. The number of aromatic nitrogens is 1. The minimum atomic E-state index is -3.29. The summed E-state index contributed by atoms with van der Waals surface area (Å²) in [6, 6.07) is 3.49. The molecule has 0 atom stereocenters. The van der Waals surface area contributed by atoms with Crippen molar-refractivity contribution in [3.8, 4) is 0 Å². The second-order valence-corrected chi connectivity index (χ2v) is 10.5. The Balaban J connectivity index is 1.46. The molecule has 2 aromatic rings. The summed E-state index contributed by atoms with van der Waals surface area (Å²) in [5.41, 5.74) is 1.31. The number of hydrogen-bond donors (Lipinski definition) is 0. The van der Waals surface area contributed by atoms with E-state index in [4.69, 9.17) is 4.98 Å². The minimum Gasteiger partial charge on any atom is -0.246 e. The molecule has 0 radical (unpaired) electrons. The van der Waals surface area contributed by atoms with Crippen LogP contribution >= 0.6 is 22.7 Å². The van der Waals surface area contributed by atoms with Gasteiger partial charge in [-0.1, -0.05) is 6.07 Å². The van der Waals surface area contributed by atoms with E-state index in [1.165, 1.54) is 46.2 Å². The first-order chi connectivity index (χ1) is 11.1. The maximum Gasteiger partial charge on any atom is 0.252 e. The molecule has 0 N–H and O–H groups in total. The molecule has 7 heteroatoms. The summed E-state index contributed by atoms with van der Waals surface area (Å²) in [4.78, 5) is 6.34. The van der Waals surface area contributed by atoms with Crippen LogP contribution in [0.2, 0.25) is 0 Å². The third-order valence-electron chi connectivity index (χ3n) is 4.75. The summed E-state index contributed by atoms with van der Waals surface area (Å²) in [6.45, 7) is 1.21. The second-order valence-electron chi connectivity index (χ2n) is 6.24. The molecule has 1 saturated heterocycles. The lowest BCUT2D eigenvalue weighted by Gasteiger charge is -2.29. The van der Waals surface area contributed by atoms with Gasteiger partial charge in [-0.05, 0) is 50.0 Å². The average Bonchev–Trinajstić information content (AvgIpc) is 3.24. The van der Waals surface area contributed by atoms with Crippen LogP contribution in [0.15, 0.2) is 21.7 Å². The maximum atomic E-state index is 12.6. The van der Waals surface area contributed by atoms with E-state index in [0.717, 1.165) is 19.3 Å². The van der Waals surface area contributed by atoms with Crippen LogP contribution in [0.3, 0.4) is 0 Å². The zero-order valence-electron chi connectivity index (χ0n) is 12.9. The topological polar surface area (TPSA) is 50.3 Å². The predicted molar refractivity (Wildman–Crippen MR) is 93.8 cm³/mol. The zero-order chi connectivity index (χ0) is 15.9. The summed E-state index contributed by atoms with van der Waals surface area (Å²) in [6.07, 6.45) is 6.61. The zero-order valence-corrected chi connectivity index (χ0v) is 15.4. The summed E-state index contributed by atoms with van der Waals surface area (Å²) in [7, 11) is -3.29. The fourth-order valence-electron chi connectivity index (χ4n) is 3.43. The van der Waals surface area contributed by atoms with Crippen LogP contribution in [0.1, 0.15) is 47.2 Å². The highest BCUT2D eigenvalue weighted by Crippen LogP contribution is 2.36. The van der Waals surface area contributed by atoms with Crippen LogP contribution in [0, 0.1) is 0 Å². The Labute approximate surface area is 145 Å².